The van der Waals surface area contributed by atoms with Gasteiger partial charge in [-0.2, -0.15) is 5.10 Å². The molecule has 0 atom stereocenters. The minimum absolute atomic E-state index is 0.114. The lowest BCUT2D eigenvalue weighted by atomic mass is 9.93. The van der Waals surface area contributed by atoms with Crippen LogP contribution >= 0.6 is 0 Å². The number of carbonyl (C=O) groups is 2. The SMILES string of the molecule is Cc1ccccc1-n1nc(C)c(-c2ccccc2)c1NC(=O)CN(C(=O)Nc1c(C(C)C)cccc1C(C)C)C(C)C. The molecule has 0 aliphatic heterocycles. The number of hydrogen-bond acceptors (Lipinski definition) is 3. The van der Waals surface area contributed by atoms with Gasteiger partial charge in [0, 0.05) is 17.3 Å². The summed E-state index contributed by atoms with van der Waals surface area (Å²) in [5.41, 5.74) is 7.49. The number of anilines is 2. The van der Waals surface area contributed by atoms with Crippen LogP contribution in [0.2, 0.25) is 0 Å². The van der Waals surface area contributed by atoms with Crippen LogP contribution in [-0.4, -0.2) is 39.2 Å². The highest BCUT2D eigenvalue weighted by Gasteiger charge is 2.26. The van der Waals surface area contributed by atoms with Gasteiger partial charge in [0.1, 0.15) is 12.4 Å². The van der Waals surface area contributed by atoms with Crippen molar-refractivity contribution in [2.75, 3.05) is 17.2 Å². The fourth-order valence-electron chi connectivity index (χ4n) is 5.26. The maximum absolute atomic E-state index is 13.7. The third kappa shape index (κ3) is 6.56. The molecule has 1 aromatic heterocycles. The summed E-state index contributed by atoms with van der Waals surface area (Å²) in [4.78, 5) is 29.0. The van der Waals surface area contributed by atoms with Gasteiger partial charge in [0.15, 0.2) is 0 Å². The van der Waals surface area contributed by atoms with Crippen LogP contribution in [0.25, 0.3) is 16.8 Å². The van der Waals surface area contributed by atoms with E-state index in [9.17, 15) is 9.59 Å². The topological polar surface area (TPSA) is 79.3 Å². The number of urea groups is 1. The molecule has 0 radical (unpaired) electrons. The van der Waals surface area contributed by atoms with E-state index in [1.807, 2.05) is 88.4 Å². The van der Waals surface area contributed by atoms with Gasteiger partial charge in [0.05, 0.1) is 11.4 Å². The Morgan fingerprint density at radius 2 is 1.38 bits per heavy atom. The zero-order chi connectivity index (χ0) is 30.6. The molecule has 0 bridgehead atoms. The van der Waals surface area contributed by atoms with Gasteiger partial charge in [0.2, 0.25) is 5.91 Å². The van der Waals surface area contributed by atoms with Crippen LogP contribution in [0, 0.1) is 13.8 Å². The minimum Gasteiger partial charge on any atom is -0.313 e. The number of amides is 3. The lowest BCUT2D eigenvalue weighted by molar-refractivity contribution is -0.117. The first-order valence-corrected chi connectivity index (χ1v) is 14.7. The van der Waals surface area contributed by atoms with Crippen molar-refractivity contribution in [3.05, 3.63) is 95.2 Å². The Morgan fingerprint density at radius 1 is 0.786 bits per heavy atom. The molecule has 0 saturated carbocycles. The maximum Gasteiger partial charge on any atom is 0.322 e. The predicted molar refractivity (Wildman–Crippen MR) is 173 cm³/mol. The van der Waals surface area contributed by atoms with E-state index in [4.69, 9.17) is 5.10 Å². The van der Waals surface area contributed by atoms with Gasteiger partial charge < -0.3 is 15.5 Å². The molecule has 4 rings (SSSR count). The number of para-hydroxylation sites is 2. The first-order chi connectivity index (χ1) is 20.0. The Labute approximate surface area is 250 Å². The largest absolute Gasteiger partial charge is 0.322 e. The molecule has 3 aromatic carbocycles. The summed E-state index contributed by atoms with van der Waals surface area (Å²) in [7, 11) is 0. The Hall–Kier alpha value is -4.39. The number of aryl methyl sites for hydroxylation is 2. The summed E-state index contributed by atoms with van der Waals surface area (Å²) < 4.78 is 1.79. The fourth-order valence-corrected chi connectivity index (χ4v) is 5.26. The summed E-state index contributed by atoms with van der Waals surface area (Å²) in [6.07, 6.45) is 0. The van der Waals surface area contributed by atoms with E-state index >= 15 is 0 Å². The second-order valence-corrected chi connectivity index (χ2v) is 11.7. The lowest BCUT2D eigenvalue weighted by Gasteiger charge is -2.28. The minimum atomic E-state index is -0.304. The fraction of sp³-hybridized carbons (Fsp3) is 0.343. The van der Waals surface area contributed by atoms with Crippen LogP contribution in [0.5, 0.6) is 0 Å². The quantitative estimate of drug-likeness (QED) is 0.214. The zero-order valence-electron chi connectivity index (χ0n) is 26.0. The number of nitrogens with zero attached hydrogens (tertiary/aromatic N) is 3. The molecule has 220 valence electrons. The molecular formula is C35H43N5O2. The van der Waals surface area contributed by atoms with Gasteiger partial charge in [0.25, 0.3) is 0 Å². The van der Waals surface area contributed by atoms with Crippen LogP contribution in [-0.2, 0) is 4.79 Å². The Bertz CT molecular complexity index is 1530. The van der Waals surface area contributed by atoms with Crippen LogP contribution in [0.4, 0.5) is 16.3 Å². The first kappa shape index (κ1) is 30.6. The summed E-state index contributed by atoms with van der Waals surface area (Å²) in [6.45, 7) is 16.2. The number of nitrogens with one attached hydrogen (secondary N) is 2. The number of benzene rings is 3. The second-order valence-electron chi connectivity index (χ2n) is 11.7. The number of hydrogen-bond donors (Lipinski definition) is 2. The van der Waals surface area contributed by atoms with Crippen molar-refractivity contribution in [2.24, 2.45) is 0 Å². The van der Waals surface area contributed by atoms with Gasteiger partial charge in [-0.3, -0.25) is 4.79 Å². The van der Waals surface area contributed by atoms with E-state index in [1.165, 1.54) is 0 Å². The van der Waals surface area contributed by atoms with Crippen molar-refractivity contribution in [2.45, 2.75) is 73.3 Å². The molecule has 0 aliphatic rings. The average Bonchev–Trinajstić information content (AvgIpc) is 3.26. The van der Waals surface area contributed by atoms with E-state index in [0.717, 1.165) is 44.9 Å². The molecule has 7 heteroatoms. The monoisotopic (exact) mass is 565 g/mol. The summed E-state index contributed by atoms with van der Waals surface area (Å²) in [5.74, 6) is 0.744. The number of rotatable bonds is 9. The predicted octanol–water partition coefficient (Wildman–Crippen LogP) is 8.28. The van der Waals surface area contributed by atoms with Crippen molar-refractivity contribution in [1.29, 1.82) is 0 Å². The van der Waals surface area contributed by atoms with Crippen molar-refractivity contribution < 1.29 is 9.59 Å². The molecule has 7 nitrogen and oxygen atoms in total. The first-order valence-electron chi connectivity index (χ1n) is 14.7. The summed E-state index contributed by atoms with van der Waals surface area (Å²) in [6, 6.07) is 23.5. The Balaban J connectivity index is 1.67. The molecule has 0 aliphatic carbocycles. The smallest absolute Gasteiger partial charge is 0.313 e. The van der Waals surface area contributed by atoms with Crippen LogP contribution in [0.3, 0.4) is 0 Å². The van der Waals surface area contributed by atoms with Gasteiger partial charge in [-0.05, 0) is 67.9 Å². The Morgan fingerprint density at radius 3 is 1.95 bits per heavy atom. The third-order valence-corrected chi connectivity index (χ3v) is 7.53. The van der Waals surface area contributed by atoms with E-state index in [1.54, 1.807) is 9.58 Å². The lowest BCUT2D eigenvalue weighted by Crippen LogP contribution is -2.45. The summed E-state index contributed by atoms with van der Waals surface area (Å²) >= 11 is 0. The van der Waals surface area contributed by atoms with Crippen molar-refractivity contribution in [3.63, 3.8) is 0 Å². The zero-order valence-corrected chi connectivity index (χ0v) is 26.0. The third-order valence-electron chi connectivity index (χ3n) is 7.53. The van der Waals surface area contributed by atoms with E-state index in [2.05, 4.69) is 50.5 Å². The van der Waals surface area contributed by atoms with E-state index in [-0.39, 0.29) is 36.4 Å². The number of carbonyl (C=O) groups excluding carboxylic acids is 2. The normalized spacial score (nSPS) is 11.3. The van der Waals surface area contributed by atoms with Crippen LogP contribution in [0.15, 0.2) is 72.8 Å². The second kappa shape index (κ2) is 13.1. The van der Waals surface area contributed by atoms with Crippen LogP contribution in [0.1, 0.15) is 75.8 Å². The summed E-state index contributed by atoms with van der Waals surface area (Å²) in [5, 5.41) is 11.1. The molecule has 4 aromatic rings. The molecule has 1 heterocycles. The molecule has 0 spiro atoms. The molecule has 2 N–H and O–H groups in total. The highest BCUT2D eigenvalue weighted by molar-refractivity contribution is 6.00. The molecular weight excluding hydrogens is 522 g/mol. The van der Waals surface area contributed by atoms with Gasteiger partial charge in [-0.1, -0.05) is 94.4 Å². The van der Waals surface area contributed by atoms with Gasteiger partial charge >= 0.3 is 6.03 Å². The number of aromatic nitrogens is 2. The highest BCUT2D eigenvalue weighted by Crippen LogP contribution is 2.35. The standard InChI is InChI=1S/C35H43N5O2/c1-22(2)28-18-14-19-29(23(3)4)33(28)37-35(42)39(24(5)6)21-31(41)36-34-32(27-16-10-9-11-17-27)26(8)38-40(34)30-20-13-12-15-25(30)7/h9-20,22-24H,21H2,1-8H3,(H,36,41)(H,37,42). The van der Waals surface area contributed by atoms with Crippen molar-refractivity contribution in [1.82, 2.24) is 14.7 Å². The van der Waals surface area contributed by atoms with Crippen LogP contribution < -0.4 is 10.6 Å². The van der Waals surface area contributed by atoms with Crippen molar-refractivity contribution >= 4 is 23.4 Å². The molecule has 0 fully saturated rings. The van der Waals surface area contributed by atoms with Gasteiger partial charge in [-0.25, -0.2) is 9.48 Å². The van der Waals surface area contributed by atoms with E-state index in [0.29, 0.717) is 5.82 Å². The molecule has 0 unspecified atom stereocenters. The molecule has 0 saturated heterocycles. The molecule has 3 amide bonds. The maximum atomic E-state index is 13.7. The average molecular weight is 566 g/mol. The van der Waals surface area contributed by atoms with E-state index < -0.39 is 0 Å². The van der Waals surface area contributed by atoms with Crippen molar-refractivity contribution in [3.8, 4) is 16.8 Å². The van der Waals surface area contributed by atoms with Gasteiger partial charge in [-0.15, -0.1) is 0 Å². The Kier molecular flexibility index (Phi) is 9.51. The highest BCUT2D eigenvalue weighted by atomic mass is 16.2. The molecule has 42 heavy (non-hydrogen) atoms.